The summed E-state index contributed by atoms with van der Waals surface area (Å²) >= 11 is 1.72. The SMILES string of the molecule is COCC(=O)N(CC(=O)N1CCc2sccc2C1COc1ccccc1OC)CC1CC1. The lowest BCUT2D eigenvalue weighted by Crippen LogP contribution is -2.48. The number of methoxy groups -OCH3 is 2. The van der Waals surface area contributed by atoms with Gasteiger partial charge in [-0.15, -0.1) is 11.3 Å². The number of fused-ring (bicyclic) bond motifs is 1. The number of thiophene rings is 1. The summed E-state index contributed by atoms with van der Waals surface area (Å²) in [7, 11) is 3.12. The zero-order valence-corrected chi connectivity index (χ0v) is 19.4. The number of carbonyl (C=O) groups is 2. The van der Waals surface area contributed by atoms with E-state index >= 15 is 0 Å². The van der Waals surface area contributed by atoms with E-state index < -0.39 is 0 Å². The van der Waals surface area contributed by atoms with Gasteiger partial charge in [-0.05, 0) is 54.3 Å². The molecule has 2 heterocycles. The molecular weight excluding hydrogens is 428 g/mol. The van der Waals surface area contributed by atoms with Crippen LogP contribution in [-0.2, 0) is 20.7 Å². The average Bonchev–Trinajstić information content (AvgIpc) is 3.49. The average molecular weight is 459 g/mol. The molecule has 8 heteroatoms. The van der Waals surface area contributed by atoms with Crippen LogP contribution in [0.25, 0.3) is 0 Å². The minimum Gasteiger partial charge on any atom is -0.493 e. The van der Waals surface area contributed by atoms with Gasteiger partial charge in [0, 0.05) is 25.1 Å². The van der Waals surface area contributed by atoms with E-state index in [4.69, 9.17) is 14.2 Å². The molecule has 172 valence electrons. The van der Waals surface area contributed by atoms with Crippen LogP contribution in [0.5, 0.6) is 11.5 Å². The summed E-state index contributed by atoms with van der Waals surface area (Å²) in [4.78, 5) is 30.8. The molecule has 1 fully saturated rings. The summed E-state index contributed by atoms with van der Waals surface area (Å²) in [6, 6.07) is 9.38. The van der Waals surface area contributed by atoms with Gasteiger partial charge >= 0.3 is 0 Å². The molecule has 2 amide bonds. The van der Waals surface area contributed by atoms with E-state index in [1.165, 1.54) is 12.0 Å². The quantitative estimate of drug-likeness (QED) is 0.547. The van der Waals surface area contributed by atoms with Crippen LogP contribution >= 0.6 is 11.3 Å². The van der Waals surface area contributed by atoms with E-state index in [9.17, 15) is 9.59 Å². The zero-order valence-electron chi connectivity index (χ0n) is 18.6. The Bertz CT molecular complexity index is 942. The zero-order chi connectivity index (χ0) is 22.5. The molecule has 1 aliphatic carbocycles. The Morgan fingerprint density at radius 2 is 1.94 bits per heavy atom. The number of para-hydroxylation sites is 2. The molecule has 4 rings (SSSR count). The molecule has 0 saturated heterocycles. The molecule has 1 aliphatic heterocycles. The minimum atomic E-state index is -0.206. The van der Waals surface area contributed by atoms with Gasteiger partial charge in [-0.1, -0.05) is 12.1 Å². The smallest absolute Gasteiger partial charge is 0.249 e. The fourth-order valence-corrected chi connectivity index (χ4v) is 5.05. The molecule has 2 aromatic rings. The van der Waals surface area contributed by atoms with Gasteiger partial charge in [0.1, 0.15) is 13.2 Å². The molecule has 0 bridgehead atoms. The first-order valence-corrected chi connectivity index (χ1v) is 11.9. The van der Waals surface area contributed by atoms with Crippen LogP contribution in [0.15, 0.2) is 35.7 Å². The van der Waals surface area contributed by atoms with Gasteiger partial charge in [-0.3, -0.25) is 9.59 Å². The molecule has 1 aromatic carbocycles. The maximum absolute atomic E-state index is 13.4. The normalized spacial score (nSPS) is 17.6. The van der Waals surface area contributed by atoms with E-state index in [1.807, 2.05) is 29.2 Å². The minimum absolute atomic E-state index is 0.00494. The second kappa shape index (κ2) is 10.4. The Balaban J connectivity index is 1.50. The van der Waals surface area contributed by atoms with Gasteiger partial charge in [0.25, 0.3) is 0 Å². The molecule has 1 aromatic heterocycles. The Hall–Kier alpha value is -2.58. The maximum atomic E-state index is 13.4. The highest BCUT2D eigenvalue weighted by atomic mass is 32.1. The van der Waals surface area contributed by atoms with Crippen molar-refractivity contribution in [1.82, 2.24) is 9.80 Å². The fraction of sp³-hybridized carbons (Fsp3) is 0.500. The number of rotatable bonds is 10. The van der Waals surface area contributed by atoms with Crippen molar-refractivity contribution in [2.45, 2.75) is 25.3 Å². The monoisotopic (exact) mass is 458 g/mol. The number of carbonyl (C=O) groups excluding carboxylic acids is 2. The predicted octanol–water partition coefficient (Wildman–Crippen LogP) is 3.15. The first-order chi connectivity index (χ1) is 15.6. The summed E-state index contributed by atoms with van der Waals surface area (Å²) in [6.45, 7) is 1.62. The summed E-state index contributed by atoms with van der Waals surface area (Å²) < 4.78 is 16.6. The fourth-order valence-electron chi connectivity index (χ4n) is 4.12. The molecule has 0 radical (unpaired) electrons. The van der Waals surface area contributed by atoms with Crippen molar-refractivity contribution in [3.05, 3.63) is 46.2 Å². The molecule has 7 nitrogen and oxygen atoms in total. The van der Waals surface area contributed by atoms with Crippen LogP contribution in [0.4, 0.5) is 0 Å². The third kappa shape index (κ3) is 5.24. The van der Waals surface area contributed by atoms with Crippen molar-refractivity contribution in [3.63, 3.8) is 0 Å². The molecule has 2 aliphatic rings. The third-order valence-electron chi connectivity index (χ3n) is 6.00. The second-order valence-electron chi connectivity index (χ2n) is 8.26. The van der Waals surface area contributed by atoms with Crippen molar-refractivity contribution in [2.24, 2.45) is 5.92 Å². The Morgan fingerprint density at radius 3 is 2.66 bits per heavy atom. The second-order valence-corrected chi connectivity index (χ2v) is 9.27. The third-order valence-corrected chi connectivity index (χ3v) is 7.00. The standard InChI is InChI=1S/C24H30N2O5S/c1-29-16-24(28)25(13-17-7-8-17)14-23(27)26-11-9-22-18(10-12-32-22)19(26)15-31-21-6-4-3-5-20(21)30-2/h3-6,10,12,17,19H,7-9,11,13-16H2,1-2H3. The molecule has 1 saturated carbocycles. The van der Waals surface area contributed by atoms with Crippen molar-refractivity contribution in [3.8, 4) is 11.5 Å². The lowest BCUT2D eigenvalue weighted by atomic mass is 10.0. The number of ether oxygens (including phenoxy) is 3. The van der Waals surface area contributed by atoms with Crippen molar-refractivity contribution in [1.29, 1.82) is 0 Å². The van der Waals surface area contributed by atoms with Crippen molar-refractivity contribution < 1.29 is 23.8 Å². The molecular formula is C24H30N2O5S. The topological polar surface area (TPSA) is 68.3 Å². The highest BCUT2D eigenvalue weighted by molar-refractivity contribution is 7.10. The highest BCUT2D eigenvalue weighted by Crippen LogP contribution is 2.35. The van der Waals surface area contributed by atoms with Crippen LogP contribution in [-0.4, -0.2) is 68.7 Å². The summed E-state index contributed by atoms with van der Waals surface area (Å²) in [5.74, 6) is 1.62. The van der Waals surface area contributed by atoms with Gasteiger partial charge in [-0.2, -0.15) is 0 Å². The lowest BCUT2D eigenvalue weighted by molar-refractivity contribution is -0.144. The van der Waals surface area contributed by atoms with Crippen LogP contribution in [0, 0.1) is 5.92 Å². The Morgan fingerprint density at radius 1 is 1.16 bits per heavy atom. The number of hydrogen-bond donors (Lipinski definition) is 0. The summed E-state index contributed by atoms with van der Waals surface area (Å²) in [6.07, 6.45) is 3.04. The summed E-state index contributed by atoms with van der Waals surface area (Å²) in [5.41, 5.74) is 1.13. The predicted molar refractivity (Wildman–Crippen MR) is 122 cm³/mol. The number of benzene rings is 1. The number of amides is 2. The first-order valence-electron chi connectivity index (χ1n) is 11.0. The number of hydrogen-bond acceptors (Lipinski definition) is 6. The van der Waals surface area contributed by atoms with E-state index in [-0.39, 0.29) is 31.0 Å². The van der Waals surface area contributed by atoms with Crippen LogP contribution < -0.4 is 9.47 Å². The highest BCUT2D eigenvalue weighted by Gasteiger charge is 2.35. The van der Waals surface area contributed by atoms with E-state index in [1.54, 1.807) is 23.3 Å². The largest absolute Gasteiger partial charge is 0.493 e. The van der Waals surface area contributed by atoms with Crippen LogP contribution in [0.2, 0.25) is 0 Å². The van der Waals surface area contributed by atoms with Crippen molar-refractivity contribution in [2.75, 3.05) is 47.1 Å². The van der Waals surface area contributed by atoms with E-state index in [0.29, 0.717) is 37.1 Å². The molecule has 1 unspecified atom stereocenters. The van der Waals surface area contributed by atoms with E-state index in [0.717, 1.165) is 24.8 Å². The Labute approximate surface area is 192 Å². The van der Waals surface area contributed by atoms with Gasteiger partial charge in [0.15, 0.2) is 11.5 Å². The van der Waals surface area contributed by atoms with Gasteiger partial charge < -0.3 is 24.0 Å². The Kier molecular flexibility index (Phi) is 7.32. The molecule has 0 spiro atoms. The first kappa shape index (κ1) is 22.6. The molecule has 32 heavy (non-hydrogen) atoms. The van der Waals surface area contributed by atoms with Gasteiger partial charge in [-0.25, -0.2) is 0 Å². The summed E-state index contributed by atoms with van der Waals surface area (Å²) in [5, 5.41) is 2.07. The van der Waals surface area contributed by atoms with Crippen LogP contribution in [0.3, 0.4) is 0 Å². The molecule has 0 N–H and O–H groups in total. The lowest BCUT2D eigenvalue weighted by Gasteiger charge is -2.37. The van der Waals surface area contributed by atoms with Crippen molar-refractivity contribution >= 4 is 23.2 Å². The van der Waals surface area contributed by atoms with Gasteiger partial charge in [0.05, 0.1) is 19.7 Å². The number of nitrogens with zero attached hydrogens (tertiary/aromatic N) is 2. The maximum Gasteiger partial charge on any atom is 0.249 e. The van der Waals surface area contributed by atoms with Gasteiger partial charge in [0.2, 0.25) is 11.8 Å². The molecule has 1 atom stereocenters. The van der Waals surface area contributed by atoms with E-state index in [2.05, 4.69) is 11.4 Å². The van der Waals surface area contributed by atoms with Crippen LogP contribution in [0.1, 0.15) is 29.3 Å².